The molecule has 0 aliphatic heterocycles. The zero-order valence-corrected chi connectivity index (χ0v) is 16.6. The fourth-order valence-electron chi connectivity index (χ4n) is 3.30. The normalized spacial score (nSPS) is 13.0. The first-order chi connectivity index (χ1) is 13.7. The molecule has 1 N–H and O–H groups in total. The topological polar surface area (TPSA) is 47.6 Å². The summed E-state index contributed by atoms with van der Waals surface area (Å²) in [4.78, 5) is 12.9. The van der Waals surface area contributed by atoms with E-state index in [1.807, 2.05) is 73.7 Å². The van der Waals surface area contributed by atoms with Crippen molar-refractivity contribution in [3.8, 4) is 11.5 Å². The van der Waals surface area contributed by atoms with E-state index in [-0.39, 0.29) is 11.9 Å². The smallest absolute Gasteiger partial charge is 0.261 e. The molecule has 28 heavy (non-hydrogen) atoms. The number of carbonyl (C=O) groups is 1. The lowest BCUT2D eigenvalue weighted by molar-refractivity contribution is -0.128. The monoisotopic (exact) mass is 377 g/mol. The Bertz CT molecular complexity index is 915. The highest BCUT2D eigenvalue weighted by Crippen LogP contribution is 2.27. The second kappa shape index (κ2) is 9.27. The summed E-state index contributed by atoms with van der Waals surface area (Å²) in [7, 11) is 1.64. The van der Waals surface area contributed by atoms with E-state index in [9.17, 15) is 4.79 Å². The summed E-state index contributed by atoms with van der Waals surface area (Å²) in [5.41, 5.74) is 1.05. The van der Waals surface area contributed by atoms with Gasteiger partial charge in [-0.2, -0.15) is 0 Å². The molecule has 4 heteroatoms. The number of nitrogens with one attached hydrogen (secondary N) is 1. The Morgan fingerprint density at radius 3 is 2.32 bits per heavy atom. The van der Waals surface area contributed by atoms with Gasteiger partial charge in [0.05, 0.1) is 13.2 Å². The lowest BCUT2D eigenvalue weighted by atomic mass is 10.0. The Morgan fingerprint density at radius 2 is 1.64 bits per heavy atom. The van der Waals surface area contributed by atoms with Crippen LogP contribution in [0.3, 0.4) is 0 Å². The highest BCUT2D eigenvalue weighted by Gasteiger charge is 2.22. The summed E-state index contributed by atoms with van der Waals surface area (Å²) in [5, 5.41) is 5.24. The molecule has 0 aromatic heterocycles. The number of hydrogen-bond acceptors (Lipinski definition) is 3. The van der Waals surface area contributed by atoms with Gasteiger partial charge in [0.15, 0.2) is 6.10 Å². The zero-order valence-electron chi connectivity index (χ0n) is 16.6. The molecule has 0 aliphatic rings. The van der Waals surface area contributed by atoms with Crippen LogP contribution in [-0.2, 0) is 4.79 Å². The third-order valence-corrected chi connectivity index (χ3v) is 4.92. The van der Waals surface area contributed by atoms with Gasteiger partial charge in [-0.3, -0.25) is 4.79 Å². The van der Waals surface area contributed by atoms with Crippen molar-refractivity contribution in [3.63, 3.8) is 0 Å². The van der Waals surface area contributed by atoms with Crippen LogP contribution in [0.1, 0.15) is 38.3 Å². The van der Waals surface area contributed by atoms with Gasteiger partial charge in [0.25, 0.3) is 5.91 Å². The summed E-state index contributed by atoms with van der Waals surface area (Å²) < 4.78 is 11.3. The highest BCUT2D eigenvalue weighted by molar-refractivity contribution is 5.89. The van der Waals surface area contributed by atoms with Gasteiger partial charge >= 0.3 is 0 Å². The predicted molar refractivity (Wildman–Crippen MR) is 113 cm³/mol. The van der Waals surface area contributed by atoms with Crippen LogP contribution < -0.4 is 14.8 Å². The molecule has 0 fully saturated rings. The molecular weight excluding hydrogens is 350 g/mol. The van der Waals surface area contributed by atoms with Crippen molar-refractivity contribution < 1.29 is 14.3 Å². The van der Waals surface area contributed by atoms with Crippen LogP contribution in [0.25, 0.3) is 10.8 Å². The minimum atomic E-state index is -0.543. The lowest BCUT2D eigenvalue weighted by Gasteiger charge is -2.23. The zero-order chi connectivity index (χ0) is 19.9. The average molecular weight is 377 g/mol. The molecule has 0 saturated heterocycles. The van der Waals surface area contributed by atoms with Crippen molar-refractivity contribution in [1.82, 2.24) is 5.32 Å². The number of fused-ring (bicyclic) bond motifs is 1. The van der Waals surface area contributed by atoms with Crippen LogP contribution in [0.5, 0.6) is 11.5 Å². The summed E-state index contributed by atoms with van der Waals surface area (Å²) in [6.45, 7) is 4.02. The van der Waals surface area contributed by atoms with E-state index < -0.39 is 6.10 Å². The first kappa shape index (κ1) is 19.7. The Hall–Kier alpha value is -3.01. The number of ether oxygens (including phenoxy) is 2. The fourth-order valence-corrected chi connectivity index (χ4v) is 3.30. The maximum Gasteiger partial charge on any atom is 0.261 e. The van der Waals surface area contributed by atoms with Crippen LogP contribution in [-0.4, -0.2) is 19.1 Å². The number of amides is 1. The molecule has 4 nitrogen and oxygen atoms in total. The van der Waals surface area contributed by atoms with Crippen molar-refractivity contribution in [2.75, 3.05) is 7.11 Å². The molecule has 0 radical (unpaired) electrons. The third kappa shape index (κ3) is 4.45. The number of hydrogen-bond donors (Lipinski definition) is 1. The minimum Gasteiger partial charge on any atom is -0.497 e. The van der Waals surface area contributed by atoms with Gasteiger partial charge in [-0.25, -0.2) is 0 Å². The molecule has 0 unspecified atom stereocenters. The van der Waals surface area contributed by atoms with Gasteiger partial charge in [0.2, 0.25) is 0 Å². The molecule has 3 rings (SSSR count). The summed E-state index contributed by atoms with van der Waals surface area (Å²) in [6, 6.07) is 21.7. The second-order valence-electron chi connectivity index (χ2n) is 6.73. The van der Waals surface area contributed by atoms with Crippen molar-refractivity contribution in [2.45, 2.75) is 38.8 Å². The van der Waals surface area contributed by atoms with Gasteiger partial charge in [-0.15, -0.1) is 0 Å². The summed E-state index contributed by atoms with van der Waals surface area (Å²) in [5.74, 6) is 1.44. The van der Waals surface area contributed by atoms with Crippen molar-refractivity contribution in [3.05, 3.63) is 72.3 Å². The number of methoxy groups -OCH3 is 1. The molecular formula is C24H27NO3. The Labute approximate surface area is 166 Å². The van der Waals surface area contributed by atoms with Gasteiger partial charge in [0.1, 0.15) is 11.5 Å². The lowest BCUT2D eigenvalue weighted by Crippen LogP contribution is -2.40. The van der Waals surface area contributed by atoms with Crippen molar-refractivity contribution in [2.24, 2.45) is 0 Å². The van der Waals surface area contributed by atoms with Gasteiger partial charge in [0, 0.05) is 5.39 Å². The molecule has 0 heterocycles. The average Bonchev–Trinajstić information content (AvgIpc) is 2.75. The first-order valence-electron chi connectivity index (χ1n) is 9.75. The van der Waals surface area contributed by atoms with Gasteiger partial charge in [-0.05, 0) is 42.0 Å². The standard InChI is InChI=1S/C24H27NO3/c1-4-21(18-13-15-19(27-3)16-14-18)25-24(26)22(5-2)28-23-12-8-10-17-9-6-7-11-20(17)23/h6-16,21-22H,4-5H2,1-3H3,(H,25,26)/t21-,22-/m1/s1. The molecule has 0 bridgehead atoms. The van der Waals surface area contributed by atoms with Crippen LogP contribution in [0.15, 0.2) is 66.7 Å². The van der Waals surface area contributed by atoms with Crippen LogP contribution in [0, 0.1) is 0 Å². The maximum absolute atomic E-state index is 12.9. The van der Waals surface area contributed by atoms with E-state index in [0.29, 0.717) is 6.42 Å². The van der Waals surface area contributed by atoms with Crippen molar-refractivity contribution >= 4 is 16.7 Å². The second-order valence-corrected chi connectivity index (χ2v) is 6.73. The summed E-state index contributed by atoms with van der Waals surface area (Å²) >= 11 is 0. The molecule has 2 atom stereocenters. The maximum atomic E-state index is 12.9. The predicted octanol–water partition coefficient (Wildman–Crippen LogP) is 5.27. The first-order valence-corrected chi connectivity index (χ1v) is 9.75. The molecule has 0 spiro atoms. The minimum absolute atomic E-state index is 0.0661. The quantitative estimate of drug-likeness (QED) is 0.581. The molecule has 0 saturated carbocycles. The largest absolute Gasteiger partial charge is 0.497 e. The van der Waals surface area contributed by atoms with Gasteiger partial charge < -0.3 is 14.8 Å². The molecule has 3 aromatic rings. The van der Waals surface area contributed by atoms with E-state index in [2.05, 4.69) is 12.2 Å². The summed E-state index contributed by atoms with van der Waals surface area (Å²) in [6.07, 6.45) is 0.842. The van der Waals surface area contributed by atoms with E-state index in [0.717, 1.165) is 34.3 Å². The van der Waals surface area contributed by atoms with Gasteiger partial charge in [-0.1, -0.05) is 62.4 Å². The van der Waals surface area contributed by atoms with Crippen LogP contribution in [0.2, 0.25) is 0 Å². The van der Waals surface area contributed by atoms with E-state index >= 15 is 0 Å². The Morgan fingerprint density at radius 1 is 0.929 bits per heavy atom. The highest BCUT2D eigenvalue weighted by atomic mass is 16.5. The SMILES string of the molecule is CC[C@@H](Oc1cccc2ccccc12)C(=O)N[C@H](CC)c1ccc(OC)cc1. The Balaban J connectivity index is 1.74. The molecule has 0 aliphatic carbocycles. The number of carbonyl (C=O) groups excluding carboxylic acids is 1. The molecule has 146 valence electrons. The fraction of sp³-hybridized carbons (Fsp3) is 0.292. The van der Waals surface area contributed by atoms with Crippen LogP contribution in [0.4, 0.5) is 0 Å². The molecule has 1 amide bonds. The van der Waals surface area contributed by atoms with Crippen LogP contribution >= 0.6 is 0 Å². The van der Waals surface area contributed by atoms with E-state index in [4.69, 9.17) is 9.47 Å². The molecule has 3 aromatic carbocycles. The van der Waals surface area contributed by atoms with E-state index in [1.165, 1.54) is 0 Å². The third-order valence-electron chi connectivity index (χ3n) is 4.92. The Kier molecular flexibility index (Phi) is 6.53. The number of benzene rings is 3. The number of rotatable bonds is 8. The van der Waals surface area contributed by atoms with Crippen molar-refractivity contribution in [1.29, 1.82) is 0 Å². The van der Waals surface area contributed by atoms with E-state index in [1.54, 1.807) is 7.11 Å².